The fraction of sp³-hybridized carbons (Fsp3) is 0.600. The van der Waals surface area contributed by atoms with Crippen LogP contribution in [0.25, 0.3) is 0 Å². The quantitative estimate of drug-likeness (QED) is 0.795. The lowest BCUT2D eigenvalue weighted by molar-refractivity contribution is 0.179. The Kier molecular flexibility index (Phi) is 6.29. The first-order valence-electron chi connectivity index (χ1n) is 7.12. The molecule has 1 fully saturated rings. The number of rotatable bonds is 7. The summed E-state index contributed by atoms with van der Waals surface area (Å²) in [7, 11) is 1.67. The van der Waals surface area contributed by atoms with Gasteiger partial charge in [0.05, 0.1) is 18.2 Å². The van der Waals surface area contributed by atoms with Crippen LogP contribution in [0.4, 0.5) is 0 Å². The van der Waals surface area contributed by atoms with Gasteiger partial charge in [-0.15, -0.1) is 0 Å². The molecule has 0 aromatic heterocycles. The zero-order valence-electron chi connectivity index (χ0n) is 11.9. The summed E-state index contributed by atoms with van der Waals surface area (Å²) in [4.78, 5) is 2.30. The van der Waals surface area contributed by atoms with Crippen molar-refractivity contribution in [1.82, 2.24) is 10.2 Å². The number of aliphatic hydroxyl groups is 1. The summed E-state index contributed by atoms with van der Waals surface area (Å²) in [5.74, 6) is 0.847. The number of aliphatic hydroxyl groups excluding tert-OH is 1. The van der Waals surface area contributed by atoms with Crippen LogP contribution in [0, 0.1) is 0 Å². The summed E-state index contributed by atoms with van der Waals surface area (Å²) >= 11 is 3.52. The Morgan fingerprint density at radius 3 is 2.95 bits per heavy atom. The maximum atomic E-state index is 9.23. The molecule has 20 heavy (non-hydrogen) atoms. The molecule has 0 saturated carbocycles. The summed E-state index contributed by atoms with van der Waals surface area (Å²) in [6.07, 6.45) is 2.49. The molecular weight excluding hydrogens is 320 g/mol. The molecule has 1 aliphatic rings. The van der Waals surface area contributed by atoms with E-state index < -0.39 is 0 Å². The first-order chi connectivity index (χ1) is 9.72. The molecule has 2 N–H and O–H groups in total. The Morgan fingerprint density at radius 2 is 2.35 bits per heavy atom. The van der Waals surface area contributed by atoms with E-state index >= 15 is 0 Å². The van der Waals surface area contributed by atoms with Crippen molar-refractivity contribution in [1.29, 1.82) is 0 Å². The van der Waals surface area contributed by atoms with Gasteiger partial charge in [-0.1, -0.05) is 6.07 Å². The SMILES string of the molecule is COc1ccc(CN(CCO)CC2CCCN2)cc1Br. The van der Waals surface area contributed by atoms with Crippen LogP contribution in [0.2, 0.25) is 0 Å². The van der Waals surface area contributed by atoms with Crippen LogP contribution in [0.15, 0.2) is 22.7 Å². The maximum absolute atomic E-state index is 9.23. The fourth-order valence-corrected chi connectivity index (χ4v) is 3.26. The molecule has 1 heterocycles. The smallest absolute Gasteiger partial charge is 0.133 e. The van der Waals surface area contributed by atoms with Crippen molar-refractivity contribution in [3.63, 3.8) is 0 Å². The minimum atomic E-state index is 0.198. The van der Waals surface area contributed by atoms with Gasteiger partial charge in [0, 0.05) is 25.7 Å². The first-order valence-corrected chi connectivity index (χ1v) is 7.91. The highest BCUT2D eigenvalue weighted by Crippen LogP contribution is 2.26. The number of methoxy groups -OCH3 is 1. The van der Waals surface area contributed by atoms with Crippen LogP contribution in [-0.4, -0.2) is 49.4 Å². The highest BCUT2D eigenvalue weighted by atomic mass is 79.9. The average Bonchev–Trinajstić information content (AvgIpc) is 2.92. The van der Waals surface area contributed by atoms with Gasteiger partial charge in [-0.05, 0) is 53.0 Å². The average molecular weight is 343 g/mol. The Labute approximate surface area is 129 Å². The van der Waals surface area contributed by atoms with Gasteiger partial charge in [0.2, 0.25) is 0 Å². The summed E-state index contributed by atoms with van der Waals surface area (Å²) in [6, 6.07) is 6.70. The van der Waals surface area contributed by atoms with E-state index in [2.05, 4.69) is 38.3 Å². The minimum Gasteiger partial charge on any atom is -0.496 e. The van der Waals surface area contributed by atoms with Gasteiger partial charge in [-0.3, -0.25) is 4.90 Å². The number of hydrogen-bond donors (Lipinski definition) is 2. The maximum Gasteiger partial charge on any atom is 0.133 e. The van der Waals surface area contributed by atoms with E-state index in [1.54, 1.807) is 7.11 Å². The standard InChI is InChI=1S/C15H23BrN2O2/c1-20-15-5-4-12(9-14(15)16)10-18(7-8-19)11-13-3-2-6-17-13/h4-5,9,13,17,19H,2-3,6-8,10-11H2,1H3. The molecule has 112 valence electrons. The summed E-state index contributed by atoms with van der Waals surface area (Å²) in [5, 5.41) is 12.7. The first kappa shape index (κ1) is 15.8. The topological polar surface area (TPSA) is 44.7 Å². The molecule has 1 unspecified atom stereocenters. The minimum absolute atomic E-state index is 0.198. The van der Waals surface area contributed by atoms with Gasteiger partial charge in [0.25, 0.3) is 0 Å². The van der Waals surface area contributed by atoms with Crippen molar-refractivity contribution in [3.05, 3.63) is 28.2 Å². The van der Waals surface area contributed by atoms with Crippen LogP contribution in [0.3, 0.4) is 0 Å². The molecule has 1 aromatic rings. The molecule has 1 atom stereocenters. The van der Waals surface area contributed by atoms with Crippen molar-refractivity contribution in [2.75, 3.05) is 33.4 Å². The number of ether oxygens (including phenoxy) is 1. The van der Waals surface area contributed by atoms with Crippen molar-refractivity contribution in [3.8, 4) is 5.75 Å². The van der Waals surface area contributed by atoms with Gasteiger partial charge in [0.15, 0.2) is 0 Å². The second kappa shape index (κ2) is 7.98. The van der Waals surface area contributed by atoms with Crippen molar-refractivity contribution in [2.45, 2.75) is 25.4 Å². The predicted molar refractivity (Wildman–Crippen MR) is 84.1 cm³/mol. The van der Waals surface area contributed by atoms with Crippen LogP contribution < -0.4 is 10.1 Å². The zero-order valence-corrected chi connectivity index (χ0v) is 13.5. The molecule has 0 amide bonds. The summed E-state index contributed by atoms with van der Waals surface area (Å²) in [5.41, 5.74) is 1.23. The highest BCUT2D eigenvalue weighted by molar-refractivity contribution is 9.10. The molecule has 4 nitrogen and oxygen atoms in total. The normalized spacial score (nSPS) is 18.7. The van der Waals surface area contributed by atoms with E-state index in [-0.39, 0.29) is 6.61 Å². The van der Waals surface area contributed by atoms with Crippen LogP contribution in [-0.2, 0) is 6.54 Å². The summed E-state index contributed by atoms with van der Waals surface area (Å²) in [6.45, 7) is 3.86. The molecule has 5 heteroatoms. The molecule has 1 aromatic carbocycles. The van der Waals surface area contributed by atoms with Crippen molar-refractivity contribution >= 4 is 15.9 Å². The molecule has 0 radical (unpaired) electrons. The van der Waals surface area contributed by atoms with Crippen molar-refractivity contribution < 1.29 is 9.84 Å². The van der Waals surface area contributed by atoms with Gasteiger partial charge in [-0.25, -0.2) is 0 Å². The van der Waals surface area contributed by atoms with Crippen LogP contribution in [0.1, 0.15) is 18.4 Å². The van der Waals surface area contributed by atoms with E-state index in [1.165, 1.54) is 18.4 Å². The van der Waals surface area contributed by atoms with E-state index in [9.17, 15) is 5.11 Å². The number of benzene rings is 1. The van der Waals surface area contributed by atoms with E-state index in [0.29, 0.717) is 12.6 Å². The lowest BCUT2D eigenvalue weighted by Gasteiger charge is -2.25. The van der Waals surface area contributed by atoms with Gasteiger partial charge in [-0.2, -0.15) is 0 Å². The third-order valence-corrected chi connectivity index (χ3v) is 4.30. The molecule has 0 bridgehead atoms. The Balaban J connectivity index is 1.97. The van der Waals surface area contributed by atoms with E-state index in [4.69, 9.17) is 4.74 Å². The third kappa shape index (κ3) is 4.45. The fourth-order valence-electron chi connectivity index (χ4n) is 2.67. The predicted octanol–water partition coefficient (Wildman–Crippen LogP) is 2.00. The Bertz CT molecular complexity index is 422. The third-order valence-electron chi connectivity index (χ3n) is 3.68. The second-order valence-corrected chi connectivity index (χ2v) is 6.08. The zero-order chi connectivity index (χ0) is 14.4. The van der Waals surface area contributed by atoms with Crippen LogP contribution in [0.5, 0.6) is 5.75 Å². The highest BCUT2D eigenvalue weighted by Gasteiger charge is 2.18. The Hall–Kier alpha value is -0.620. The lowest BCUT2D eigenvalue weighted by atomic mass is 10.1. The van der Waals surface area contributed by atoms with E-state index in [0.717, 1.165) is 29.9 Å². The Morgan fingerprint density at radius 1 is 1.50 bits per heavy atom. The van der Waals surface area contributed by atoms with Crippen LogP contribution >= 0.6 is 15.9 Å². The molecule has 1 aliphatic heterocycles. The molecular formula is C15H23BrN2O2. The molecule has 1 saturated heterocycles. The number of nitrogens with zero attached hydrogens (tertiary/aromatic N) is 1. The van der Waals surface area contributed by atoms with Gasteiger partial charge >= 0.3 is 0 Å². The molecule has 0 aliphatic carbocycles. The number of halogens is 1. The molecule has 2 rings (SSSR count). The number of hydrogen-bond acceptors (Lipinski definition) is 4. The van der Waals surface area contributed by atoms with Gasteiger partial charge < -0.3 is 15.2 Å². The lowest BCUT2D eigenvalue weighted by Crippen LogP contribution is -2.38. The second-order valence-electron chi connectivity index (χ2n) is 5.22. The van der Waals surface area contributed by atoms with Crippen molar-refractivity contribution in [2.24, 2.45) is 0 Å². The largest absolute Gasteiger partial charge is 0.496 e. The number of nitrogens with one attached hydrogen (secondary N) is 1. The van der Waals surface area contributed by atoms with Gasteiger partial charge in [0.1, 0.15) is 5.75 Å². The summed E-state index contributed by atoms with van der Waals surface area (Å²) < 4.78 is 6.22. The van der Waals surface area contributed by atoms with E-state index in [1.807, 2.05) is 6.07 Å². The molecule has 0 spiro atoms. The monoisotopic (exact) mass is 342 g/mol.